The van der Waals surface area contributed by atoms with Crippen LogP contribution in [0.1, 0.15) is 30.6 Å². The third-order valence-electron chi connectivity index (χ3n) is 3.34. The minimum atomic E-state index is 0.0809. The van der Waals surface area contributed by atoms with Crippen LogP contribution in [0.4, 0.5) is 0 Å². The molecule has 1 aliphatic heterocycles. The number of hydrogen-bond donors (Lipinski definition) is 1. The van der Waals surface area contributed by atoms with E-state index in [9.17, 15) is 4.79 Å². The van der Waals surface area contributed by atoms with Gasteiger partial charge in [-0.2, -0.15) is 0 Å². The molecular weight excluding hydrogens is 240 g/mol. The summed E-state index contributed by atoms with van der Waals surface area (Å²) in [6.07, 6.45) is 0.971. The van der Waals surface area contributed by atoms with Crippen LogP contribution in [-0.4, -0.2) is 43.1 Å². The van der Waals surface area contributed by atoms with Crippen molar-refractivity contribution in [2.24, 2.45) is 0 Å². The number of carbonyl (C=O) groups excluding carboxylic acids is 1. The Kier molecular flexibility index (Phi) is 4.80. The highest BCUT2D eigenvalue weighted by Gasteiger charge is 2.29. The van der Waals surface area contributed by atoms with Crippen molar-refractivity contribution in [3.8, 4) is 5.75 Å². The second kappa shape index (κ2) is 6.57. The number of hydrogen-bond acceptors (Lipinski definition) is 3. The van der Waals surface area contributed by atoms with Gasteiger partial charge in [0.2, 0.25) is 0 Å². The van der Waals surface area contributed by atoms with Crippen LogP contribution in [0.3, 0.4) is 0 Å². The van der Waals surface area contributed by atoms with E-state index in [1.54, 1.807) is 0 Å². The van der Waals surface area contributed by atoms with Crippen molar-refractivity contribution >= 4 is 5.91 Å². The van der Waals surface area contributed by atoms with Gasteiger partial charge in [0, 0.05) is 19.6 Å². The Hall–Kier alpha value is -1.55. The molecule has 0 bridgehead atoms. The second-order valence-electron chi connectivity index (χ2n) is 4.74. The molecule has 0 radical (unpaired) electrons. The molecule has 19 heavy (non-hydrogen) atoms. The summed E-state index contributed by atoms with van der Waals surface area (Å²) in [5, 5.41) is 3.22. The van der Waals surface area contributed by atoms with Gasteiger partial charge in [-0.15, -0.1) is 0 Å². The van der Waals surface area contributed by atoms with Crippen LogP contribution in [-0.2, 0) is 0 Å². The smallest absolute Gasteiger partial charge is 0.257 e. The van der Waals surface area contributed by atoms with E-state index in [1.165, 1.54) is 0 Å². The number of benzene rings is 1. The molecule has 2 rings (SSSR count). The maximum absolute atomic E-state index is 12.7. The molecule has 0 aromatic heterocycles. The van der Waals surface area contributed by atoms with Crippen molar-refractivity contribution in [3.63, 3.8) is 0 Å². The van der Waals surface area contributed by atoms with Crippen molar-refractivity contribution in [2.75, 3.05) is 26.2 Å². The number of para-hydroxylation sites is 1. The van der Waals surface area contributed by atoms with Crippen molar-refractivity contribution in [3.05, 3.63) is 29.8 Å². The highest BCUT2D eigenvalue weighted by Crippen LogP contribution is 2.21. The second-order valence-corrected chi connectivity index (χ2v) is 4.74. The Morgan fingerprint density at radius 3 is 2.68 bits per heavy atom. The first-order valence-corrected chi connectivity index (χ1v) is 7.01. The van der Waals surface area contributed by atoms with Gasteiger partial charge in [-0.1, -0.05) is 19.1 Å². The fraction of sp³-hybridized carbons (Fsp3) is 0.533. The quantitative estimate of drug-likeness (QED) is 0.851. The molecule has 1 heterocycles. The largest absolute Gasteiger partial charge is 0.493 e. The molecular formula is C15H22N2O2. The number of nitrogens with one attached hydrogen (secondary N) is 1. The summed E-state index contributed by atoms with van der Waals surface area (Å²) >= 11 is 0. The molecule has 1 amide bonds. The predicted octanol–water partition coefficient (Wildman–Crippen LogP) is 1.91. The number of carbonyl (C=O) groups is 1. The summed E-state index contributed by atoms with van der Waals surface area (Å²) in [6, 6.07) is 7.82. The van der Waals surface area contributed by atoms with E-state index in [-0.39, 0.29) is 5.91 Å². The molecule has 1 aromatic carbocycles. The summed E-state index contributed by atoms with van der Waals surface area (Å²) in [5.74, 6) is 0.765. The number of ether oxygens (including phenoxy) is 1. The zero-order valence-electron chi connectivity index (χ0n) is 11.7. The predicted molar refractivity (Wildman–Crippen MR) is 75.6 cm³/mol. The summed E-state index contributed by atoms with van der Waals surface area (Å²) in [5.41, 5.74) is 0.671. The topological polar surface area (TPSA) is 41.6 Å². The molecule has 1 N–H and O–H groups in total. The minimum Gasteiger partial charge on any atom is -0.493 e. The van der Waals surface area contributed by atoms with Crippen LogP contribution in [0, 0.1) is 0 Å². The molecule has 1 fully saturated rings. The average Bonchev–Trinajstić information content (AvgIpc) is 2.36. The van der Waals surface area contributed by atoms with Crippen LogP contribution < -0.4 is 10.1 Å². The monoisotopic (exact) mass is 262 g/mol. The number of amides is 1. The van der Waals surface area contributed by atoms with E-state index in [1.807, 2.05) is 36.1 Å². The molecule has 1 aliphatic rings. The third-order valence-corrected chi connectivity index (χ3v) is 3.34. The Bertz CT molecular complexity index is 430. The molecule has 0 atom stereocenters. The molecule has 4 nitrogen and oxygen atoms in total. The highest BCUT2D eigenvalue weighted by molar-refractivity contribution is 5.97. The maximum Gasteiger partial charge on any atom is 0.257 e. The van der Waals surface area contributed by atoms with E-state index in [4.69, 9.17) is 4.74 Å². The standard InChI is InChI=1S/C15H22N2O2/c1-3-9-17(12-10-16-11-12)15(18)13-7-5-6-8-14(13)19-4-2/h5-8,12,16H,3-4,9-11H2,1-2H3. The third kappa shape index (κ3) is 3.07. The van der Waals surface area contributed by atoms with Gasteiger partial charge in [-0.05, 0) is 25.5 Å². The lowest BCUT2D eigenvalue weighted by atomic mass is 10.1. The van der Waals surface area contributed by atoms with Crippen molar-refractivity contribution in [2.45, 2.75) is 26.3 Å². The lowest BCUT2D eigenvalue weighted by Gasteiger charge is -2.38. The molecule has 104 valence electrons. The molecule has 1 aromatic rings. The van der Waals surface area contributed by atoms with Gasteiger partial charge >= 0.3 is 0 Å². The Labute approximate surface area is 114 Å². The molecule has 0 aliphatic carbocycles. The summed E-state index contributed by atoms with van der Waals surface area (Å²) in [6.45, 7) is 7.18. The first-order chi connectivity index (χ1) is 9.27. The van der Waals surface area contributed by atoms with Crippen molar-refractivity contribution in [1.29, 1.82) is 0 Å². The van der Waals surface area contributed by atoms with Crippen LogP contribution in [0.15, 0.2) is 24.3 Å². The normalized spacial score (nSPS) is 14.8. The number of rotatable bonds is 6. The SMILES string of the molecule is CCCN(C(=O)c1ccccc1OCC)C1CNC1. The summed E-state index contributed by atoms with van der Waals surface area (Å²) < 4.78 is 5.55. The van der Waals surface area contributed by atoms with Gasteiger partial charge < -0.3 is 15.0 Å². The van der Waals surface area contributed by atoms with Crippen LogP contribution in [0.5, 0.6) is 5.75 Å². The Morgan fingerprint density at radius 2 is 2.11 bits per heavy atom. The van der Waals surface area contributed by atoms with Crippen molar-refractivity contribution in [1.82, 2.24) is 10.2 Å². The Morgan fingerprint density at radius 1 is 1.37 bits per heavy atom. The fourth-order valence-corrected chi connectivity index (χ4v) is 2.26. The molecule has 0 unspecified atom stereocenters. The summed E-state index contributed by atoms with van der Waals surface area (Å²) in [7, 11) is 0. The number of nitrogens with zero attached hydrogens (tertiary/aromatic N) is 1. The Balaban J connectivity index is 2.20. The molecule has 0 spiro atoms. The molecule has 1 saturated heterocycles. The van der Waals surface area contributed by atoms with Gasteiger partial charge in [0.25, 0.3) is 5.91 Å². The van der Waals surface area contributed by atoms with Crippen molar-refractivity contribution < 1.29 is 9.53 Å². The van der Waals surface area contributed by atoms with E-state index in [0.717, 1.165) is 26.1 Å². The minimum absolute atomic E-state index is 0.0809. The maximum atomic E-state index is 12.7. The van der Waals surface area contributed by atoms with E-state index in [0.29, 0.717) is 24.0 Å². The summed E-state index contributed by atoms with van der Waals surface area (Å²) in [4.78, 5) is 14.6. The fourth-order valence-electron chi connectivity index (χ4n) is 2.26. The first kappa shape index (κ1) is 13.9. The lowest BCUT2D eigenvalue weighted by Crippen LogP contribution is -2.59. The van der Waals surface area contributed by atoms with E-state index < -0.39 is 0 Å². The van der Waals surface area contributed by atoms with E-state index >= 15 is 0 Å². The molecule has 4 heteroatoms. The van der Waals surface area contributed by atoms with Gasteiger partial charge in [-0.3, -0.25) is 4.79 Å². The molecule has 0 saturated carbocycles. The first-order valence-electron chi connectivity index (χ1n) is 7.01. The van der Waals surface area contributed by atoms with Gasteiger partial charge in [0.1, 0.15) is 5.75 Å². The van der Waals surface area contributed by atoms with E-state index in [2.05, 4.69) is 12.2 Å². The van der Waals surface area contributed by atoms with Crippen LogP contribution in [0.2, 0.25) is 0 Å². The highest BCUT2D eigenvalue weighted by atomic mass is 16.5. The van der Waals surface area contributed by atoms with Crippen LogP contribution >= 0.6 is 0 Å². The van der Waals surface area contributed by atoms with Crippen LogP contribution in [0.25, 0.3) is 0 Å². The average molecular weight is 262 g/mol. The lowest BCUT2D eigenvalue weighted by molar-refractivity contribution is 0.0611. The zero-order valence-corrected chi connectivity index (χ0v) is 11.7. The van der Waals surface area contributed by atoms with Gasteiger partial charge in [0.05, 0.1) is 18.2 Å². The zero-order chi connectivity index (χ0) is 13.7. The van der Waals surface area contributed by atoms with Gasteiger partial charge in [0.15, 0.2) is 0 Å². The van der Waals surface area contributed by atoms with Gasteiger partial charge in [-0.25, -0.2) is 0 Å².